The Bertz CT molecular complexity index is 73.9. The average molecular weight is 159 g/mol. The number of hydrogen-bond acceptors (Lipinski definition) is 2. The molecule has 4 heteroatoms. The summed E-state index contributed by atoms with van der Waals surface area (Å²) in [6.07, 6.45) is 0. The minimum absolute atomic E-state index is 0.586. The summed E-state index contributed by atoms with van der Waals surface area (Å²) in [6.45, 7) is 6.90. The van der Waals surface area contributed by atoms with Gasteiger partial charge in [0.2, 0.25) is 0 Å². The molecule has 0 saturated carbocycles. The van der Waals surface area contributed by atoms with Gasteiger partial charge in [0, 0.05) is 0 Å². The quantitative estimate of drug-likeness (QED) is 0.466. The van der Waals surface area contributed by atoms with E-state index in [1.54, 1.807) is 0 Å². The van der Waals surface area contributed by atoms with Gasteiger partial charge >= 0.3 is 0 Å². The van der Waals surface area contributed by atoms with Crippen molar-refractivity contribution in [1.29, 1.82) is 0 Å². The molecule has 1 fully saturated rings. The smallest absolute Gasteiger partial charge is 0.174 e. The molecule has 1 heterocycles. The summed E-state index contributed by atoms with van der Waals surface area (Å²) in [6, 6.07) is 3.11. The maximum Gasteiger partial charge on any atom is 0.174 e. The molecule has 0 aliphatic carbocycles. The summed E-state index contributed by atoms with van der Waals surface area (Å²) in [5.41, 5.74) is 0. The highest BCUT2D eigenvalue weighted by molar-refractivity contribution is 6.74. The van der Waals surface area contributed by atoms with Gasteiger partial charge in [-0.1, -0.05) is 13.5 Å². The Hall–Kier alpha value is 0.354. The summed E-state index contributed by atoms with van der Waals surface area (Å²) in [4.78, 5) is 3.52. The predicted molar refractivity (Wildman–Crippen MR) is 46.1 cm³/mol. The van der Waals surface area contributed by atoms with Crippen LogP contribution in [-0.4, -0.2) is 24.1 Å². The van der Waals surface area contributed by atoms with E-state index in [4.69, 9.17) is 0 Å². The van der Waals surface area contributed by atoms with Crippen molar-refractivity contribution >= 4 is 18.1 Å². The Morgan fingerprint density at radius 1 is 1.44 bits per heavy atom. The van der Waals surface area contributed by atoms with Crippen LogP contribution in [0.2, 0.25) is 13.1 Å². The highest BCUT2D eigenvalue weighted by atomic mass is 28.4. The van der Waals surface area contributed by atoms with Crippen molar-refractivity contribution < 1.29 is 0 Å². The highest BCUT2D eigenvalue weighted by Gasteiger charge is 2.20. The molecule has 0 aromatic heterocycles. The van der Waals surface area contributed by atoms with Crippen molar-refractivity contribution in [1.82, 2.24) is 9.63 Å². The summed E-state index contributed by atoms with van der Waals surface area (Å²) in [7, 11) is -1.27. The normalized spacial score (nSPS) is 45.0. The zero-order chi connectivity index (χ0) is 6.85. The standard InChI is InChI=1S/C5H15N2Si2/c1-5-4-8(2)7-9(3)6-5/h4-9H,1-3H3. The third-order valence-electron chi connectivity index (χ3n) is 1.60. The fourth-order valence-corrected chi connectivity index (χ4v) is 7.46. The molecule has 2 N–H and O–H groups in total. The lowest BCUT2D eigenvalue weighted by atomic mass is 10.4. The Balaban J connectivity index is 2.34. The number of rotatable bonds is 0. The topological polar surface area (TPSA) is 24.1 Å². The second kappa shape index (κ2) is 2.96. The van der Waals surface area contributed by atoms with E-state index >= 15 is 0 Å². The predicted octanol–water partition coefficient (Wildman–Crippen LogP) is -0.485. The monoisotopic (exact) mass is 159 g/mol. The van der Waals surface area contributed by atoms with Gasteiger partial charge in [-0.15, -0.1) is 0 Å². The van der Waals surface area contributed by atoms with Crippen LogP contribution >= 0.6 is 0 Å². The molecule has 2 nitrogen and oxygen atoms in total. The molecule has 1 rings (SSSR count). The first-order valence-corrected chi connectivity index (χ1v) is 8.26. The van der Waals surface area contributed by atoms with Gasteiger partial charge < -0.3 is 9.63 Å². The van der Waals surface area contributed by atoms with Crippen molar-refractivity contribution in [2.45, 2.75) is 26.1 Å². The highest BCUT2D eigenvalue weighted by Crippen LogP contribution is 1.98. The van der Waals surface area contributed by atoms with Gasteiger partial charge in [-0.2, -0.15) is 0 Å². The van der Waals surface area contributed by atoms with Crippen molar-refractivity contribution in [3.8, 4) is 0 Å². The minimum Gasteiger partial charge on any atom is -0.352 e. The van der Waals surface area contributed by atoms with Crippen LogP contribution in [-0.2, 0) is 0 Å². The molecule has 1 saturated heterocycles. The first-order chi connectivity index (χ1) is 4.18. The first-order valence-electron chi connectivity index (χ1n) is 3.55. The molecule has 53 valence electrons. The Labute approximate surface area is 60.5 Å². The lowest BCUT2D eigenvalue weighted by Crippen LogP contribution is -2.61. The van der Waals surface area contributed by atoms with E-state index in [0.717, 1.165) is 0 Å². The Kier molecular flexibility index (Phi) is 2.45. The maximum absolute atomic E-state index is 3.62. The Morgan fingerprint density at radius 3 is 2.56 bits per heavy atom. The van der Waals surface area contributed by atoms with Crippen LogP contribution in [0.15, 0.2) is 0 Å². The minimum atomic E-state index is -0.680. The summed E-state index contributed by atoms with van der Waals surface area (Å²) in [5.74, 6) is 0. The molecule has 3 atom stereocenters. The van der Waals surface area contributed by atoms with Crippen LogP contribution < -0.4 is 9.63 Å². The van der Waals surface area contributed by atoms with Crippen LogP contribution in [0.1, 0.15) is 6.92 Å². The fourth-order valence-electron chi connectivity index (χ4n) is 1.38. The molecule has 0 spiro atoms. The molecule has 0 aromatic rings. The van der Waals surface area contributed by atoms with Gasteiger partial charge in [-0.3, -0.25) is 0 Å². The molecular weight excluding hydrogens is 144 g/mol. The van der Waals surface area contributed by atoms with Gasteiger partial charge in [-0.25, -0.2) is 0 Å². The van der Waals surface area contributed by atoms with Gasteiger partial charge in [0.05, 0.1) is 0 Å². The summed E-state index contributed by atoms with van der Waals surface area (Å²) >= 11 is 0. The van der Waals surface area contributed by atoms with Crippen LogP contribution in [0, 0.1) is 6.04 Å². The van der Waals surface area contributed by atoms with Gasteiger partial charge in [0.15, 0.2) is 9.12 Å². The van der Waals surface area contributed by atoms with E-state index in [2.05, 4.69) is 35.7 Å². The zero-order valence-corrected chi connectivity index (χ0v) is 8.62. The molecule has 9 heavy (non-hydrogen) atoms. The lowest BCUT2D eigenvalue weighted by Gasteiger charge is -2.30. The van der Waals surface area contributed by atoms with E-state index < -0.39 is 18.1 Å². The van der Waals surface area contributed by atoms with E-state index in [1.165, 1.54) is 0 Å². The molecule has 1 radical (unpaired) electrons. The largest absolute Gasteiger partial charge is 0.352 e. The fraction of sp³-hybridized carbons (Fsp3) is 0.800. The number of hydrogen-bond donors (Lipinski definition) is 2. The molecule has 3 unspecified atom stereocenters. The molecule has 0 aromatic carbocycles. The molecule has 0 amide bonds. The SMILES string of the molecule is CC1[CH][SiH](C)N[SiH](C)N1. The van der Waals surface area contributed by atoms with Crippen molar-refractivity contribution in [3.63, 3.8) is 0 Å². The second-order valence-electron chi connectivity index (χ2n) is 2.82. The third kappa shape index (κ3) is 2.21. The summed E-state index contributed by atoms with van der Waals surface area (Å²) in [5, 5.41) is 0. The average Bonchev–Trinajstić information content (AvgIpc) is 1.59. The van der Waals surface area contributed by atoms with Crippen molar-refractivity contribution in [3.05, 3.63) is 6.04 Å². The first kappa shape index (κ1) is 7.46. The number of nitrogens with one attached hydrogen (secondary N) is 2. The van der Waals surface area contributed by atoms with Gasteiger partial charge in [0.25, 0.3) is 0 Å². The Morgan fingerprint density at radius 2 is 2.11 bits per heavy atom. The molecule has 0 bridgehead atoms. The molecular formula is C5H15N2Si2. The van der Waals surface area contributed by atoms with Gasteiger partial charge in [-0.05, 0) is 18.6 Å². The van der Waals surface area contributed by atoms with Crippen LogP contribution in [0.3, 0.4) is 0 Å². The zero-order valence-electron chi connectivity index (χ0n) is 6.31. The second-order valence-corrected chi connectivity index (χ2v) is 7.90. The van der Waals surface area contributed by atoms with E-state index in [9.17, 15) is 0 Å². The van der Waals surface area contributed by atoms with E-state index in [0.29, 0.717) is 6.04 Å². The van der Waals surface area contributed by atoms with Crippen molar-refractivity contribution in [2.75, 3.05) is 0 Å². The van der Waals surface area contributed by atoms with Gasteiger partial charge in [0.1, 0.15) is 8.96 Å². The molecule has 1 aliphatic rings. The van der Waals surface area contributed by atoms with Crippen LogP contribution in [0.25, 0.3) is 0 Å². The third-order valence-corrected chi connectivity index (χ3v) is 7.89. The van der Waals surface area contributed by atoms with Crippen molar-refractivity contribution in [2.24, 2.45) is 0 Å². The summed E-state index contributed by atoms with van der Waals surface area (Å²) < 4.78 is 3.62. The van der Waals surface area contributed by atoms with Crippen LogP contribution in [0.4, 0.5) is 0 Å². The van der Waals surface area contributed by atoms with Crippen LogP contribution in [0.5, 0.6) is 0 Å². The van der Waals surface area contributed by atoms with E-state index in [-0.39, 0.29) is 0 Å². The molecule has 1 aliphatic heterocycles. The van der Waals surface area contributed by atoms with E-state index in [1.807, 2.05) is 0 Å². The lowest BCUT2D eigenvalue weighted by molar-refractivity contribution is 0.770. The maximum atomic E-state index is 3.62.